The topological polar surface area (TPSA) is 26.0 Å². The lowest BCUT2D eigenvalue weighted by molar-refractivity contribution is -0.137. The van der Waals surface area contributed by atoms with Crippen molar-refractivity contribution in [3.05, 3.63) is 40.6 Å². The van der Waals surface area contributed by atoms with Crippen LogP contribution >= 0.6 is 15.9 Å². The molecule has 84 valence electrons. The van der Waals surface area contributed by atoms with Crippen molar-refractivity contribution in [2.24, 2.45) is 0 Å². The molecule has 1 aromatic heterocycles. The van der Waals surface area contributed by atoms with Crippen LogP contribution in [-0.4, -0.2) is 5.16 Å². The Balaban J connectivity index is 2.46. The number of hydrogen-bond acceptors (Lipinski definition) is 2. The van der Waals surface area contributed by atoms with E-state index >= 15 is 0 Å². The van der Waals surface area contributed by atoms with Gasteiger partial charge in [-0.2, -0.15) is 13.2 Å². The van der Waals surface area contributed by atoms with Gasteiger partial charge in [0, 0.05) is 16.1 Å². The van der Waals surface area contributed by atoms with E-state index in [1.54, 1.807) is 6.07 Å². The number of benzene rings is 1. The van der Waals surface area contributed by atoms with E-state index in [4.69, 9.17) is 0 Å². The van der Waals surface area contributed by atoms with Gasteiger partial charge >= 0.3 is 6.18 Å². The maximum Gasteiger partial charge on any atom is 0.416 e. The van der Waals surface area contributed by atoms with Crippen LogP contribution in [0, 0.1) is 0 Å². The van der Waals surface area contributed by atoms with Crippen LogP contribution in [-0.2, 0) is 6.18 Å². The van der Waals surface area contributed by atoms with Crippen molar-refractivity contribution in [2.45, 2.75) is 6.18 Å². The lowest BCUT2D eigenvalue weighted by atomic mass is 10.1. The zero-order chi connectivity index (χ0) is 11.8. The van der Waals surface area contributed by atoms with E-state index in [0.29, 0.717) is 15.7 Å². The van der Waals surface area contributed by atoms with Gasteiger partial charge in [-0.05, 0) is 12.1 Å². The fourth-order valence-corrected chi connectivity index (χ4v) is 1.83. The first-order chi connectivity index (χ1) is 7.48. The smallest absolute Gasteiger partial charge is 0.364 e. The second kappa shape index (κ2) is 3.93. The Kier molecular flexibility index (Phi) is 2.75. The van der Waals surface area contributed by atoms with E-state index < -0.39 is 11.7 Å². The van der Waals surface area contributed by atoms with E-state index in [-0.39, 0.29) is 0 Å². The molecule has 0 amide bonds. The highest BCUT2D eigenvalue weighted by molar-refractivity contribution is 9.10. The summed E-state index contributed by atoms with van der Waals surface area (Å²) in [4.78, 5) is 0. The zero-order valence-corrected chi connectivity index (χ0v) is 9.34. The van der Waals surface area contributed by atoms with Gasteiger partial charge in [-0.15, -0.1) is 0 Å². The highest BCUT2D eigenvalue weighted by Crippen LogP contribution is 2.35. The Morgan fingerprint density at radius 2 is 1.94 bits per heavy atom. The lowest BCUT2D eigenvalue weighted by Crippen LogP contribution is -2.04. The fraction of sp³-hybridized carbons (Fsp3) is 0.100. The first kappa shape index (κ1) is 11.2. The number of hydrogen-bond donors (Lipinski definition) is 0. The van der Waals surface area contributed by atoms with E-state index in [1.165, 1.54) is 12.3 Å². The Hall–Kier alpha value is -1.30. The summed E-state index contributed by atoms with van der Waals surface area (Å²) in [7, 11) is 0. The Morgan fingerprint density at radius 1 is 1.19 bits per heavy atom. The van der Waals surface area contributed by atoms with Gasteiger partial charge in [-0.3, -0.25) is 0 Å². The lowest BCUT2D eigenvalue weighted by Gasteiger charge is -2.08. The van der Waals surface area contributed by atoms with Gasteiger partial charge in [0.2, 0.25) is 0 Å². The van der Waals surface area contributed by atoms with Crippen LogP contribution in [0.1, 0.15) is 5.56 Å². The summed E-state index contributed by atoms with van der Waals surface area (Å²) in [5, 5.41) is 3.65. The third kappa shape index (κ3) is 2.11. The predicted molar refractivity (Wildman–Crippen MR) is 54.6 cm³/mol. The SMILES string of the molecule is FC(F)(F)c1ccc(-c2ccon2)c(Br)c1. The average molecular weight is 292 g/mol. The van der Waals surface area contributed by atoms with Gasteiger partial charge in [0.05, 0.1) is 5.56 Å². The second-order valence-electron chi connectivity index (χ2n) is 3.08. The molecule has 0 aliphatic rings. The molecule has 1 aromatic carbocycles. The van der Waals surface area contributed by atoms with Crippen LogP contribution in [0.25, 0.3) is 11.3 Å². The summed E-state index contributed by atoms with van der Waals surface area (Å²) in [5.41, 5.74) is 0.342. The van der Waals surface area contributed by atoms with Crippen LogP contribution in [0.3, 0.4) is 0 Å². The highest BCUT2D eigenvalue weighted by Gasteiger charge is 2.30. The minimum atomic E-state index is -4.34. The summed E-state index contributed by atoms with van der Waals surface area (Å²) in [6, 6.07) is 4.96. The van der Waals surface area contributed by atoms with Crippen molar-refractivity contribution >= 4 is 15.9 Å². The molecule has 0 aliphatic carbocycles. The fourth-order valence-electron chi connectivity index (χ4n) is 1.25. The number of alkyl halides is 3. The largest absolute Gasteiger partial charge is 0.416 e. The van der Waals surface area contributed by atoms with Crippen molar-refractivity contribution in [3.8, 4) is 11.3 Å². The third-order valence-electron chi connectivity index (χ3n) is 2.01. The summed E-state index contributed by atoms with van der Waals surface area (Å²) in [6.07, 6.45) is -2.98. The minimum Gasteiger partial charge on any atom is -0.364 e. The summed E-state index contributed by atoms with van der Waals surface area (Å²) in [6.45, 7) is 0. The van der Waals surface area contributed by atoms with Crippen LogP contribution in [0.2, 0.25) is 0 Å². The Morgan fingerprint density at radius 3 is 2.44 bits per heavy atom. The predicted octanol–water partition coefficient (Wildman–Crippen LogP) is 4.12. The molecule has 0 saturated heterocycles. The van der Waals surface area contributed by atoms with Gasteiger partial charge in [0.1, 0.15) is 12.0 Å². The van der Waals surface area contributed by atoms with E-state index in [0.717, 1.165) is 12.1 Å². The minimum absolute atomic E-state index is 0.330. The maximum absolute atomic E-state index is 12.4. The molecule has 1 heterocycles. The first-order valence-corrected chi connectivity index (χ1v) is 5.05. The molecular formula is C10H5BrF3NO. The average Bonchev–Trinajstić information content (AvgIpc) is 2.69. The second-order valence-corrected chi connectivity index (χ2v) is 3.93. The van der Waals surface area contributed by atoms with Crippen LogP contribution < -0.4 is 0 Å². The molecule has 0 spiro atoms. The molecule has 0 saturated carbocycles. The van der Waals surface area contributed by atoms with Crippen molar-refractivity contribution < 1.29 is 17.7 Å². The number of aromatic nitrogens is 1. The van der Waals surface area contributed by atoms with Crippen molar-refractivity contribution in [3.63, 3.8) is 0 Å². The summed E-state index contributed by atoms with van der Waals surface area (Å²) in [5.74, 6) is 0. The molecular weight excluding hydrogens is 287 g/mol. The molecule has 0 N–H and O–H groups in total. The molecule has 2 rings (SSSR count). The number of halogens is 4. The van der Waals surface area contributed by atoms with Gasteiger partial charge in [-0.25, -0.2) is 0 Å². The first-order valence-electron chi connectivity index (χ1n) is 4.26. The number of nitrogens with zero attached hydrogens (tertiary/aromatic N) is 1. The molecule has 6 heteroatoms. The van der Waals surface area contributed by atoms with Gasteiger partial charge in [0.25, 0.3) is 0 Å². The molecule has 2 nitrogen and oxygen atoms in total. The molecule has 16 heavy (non-hydrogen) atoms. The molecule has 2 aromatic rings. The van der Waals surface area contributed by atoms with Gasteiger partial charge < -0.3 is 4.52 Å². The monoisotopic (exact) mass is 291 g/mol. The third-order valence-corrected chi connectivity index (χ3v) is 2.67. The van der Waals surface area contributed by atoms with Crippen LogP contribution in [0.15, 0.2) is 39.5 Å². The summed E-state index contributed by atoms with van der Waals surface area (Å²) < 4.78 is 42.1. The van der Waals surface area contributed by atoms with E-state index in [2.05, 4.69) is 25.6 Å². The van der Waals surface area contributed by atoms with Crippen LogP contribution in [0.4, 0.5) is 13.2 Å². The zero-order valence-electron chi connectivity index (χ0n) is 7.75. The number of rotatable bonds is 1. The molecule has 0 atom stereocenters. The highest BCUT2D eigenvalue weighted by atomic mass is 79.9. The van der Waals surface area contributed by atoms with E-state index in [9.17, 15) is 13.2 Å². The molecule has 0 unspecified atom stereocenters. The van der Waals surface area contributed by atoms with Crippen molar-refractivity contribution in [2.75, 3.05) is 0 Å². The summed E-state index contributed by atoms with van der Waals surface area (Å²) >= 11 is 3.08. The normalized spacial score (nSPS) is 11.8. The maximum atomic E-state index is 12.4. The Labute approximate surface area is 97.2 Å². The van der Waals surface area contributed by atoms with Gasteiger partial charge in [0.15, 0.2) is 0 Å². The van der Waals surface area contributed by atoms with Crippen LogP contribution in [0.5, 0.6) is 0 Å². The van der Waals surface area contributed by atoms with E-state index in [1.807, 2.05) is 0 Å². The molecule has 0 fully saturated rings. The Bertz CT molecular complexity index is 493. The molecule has 0 aliphatic heterocycles. The standard InChI is InChI=1S/C10H5BrF3NO/c11-8-5-6(10(12,13)14)1-2-7(8)9-3-4-16-15-9/h1-5H. The molecule has 0 radical (unpaired) electrons. The van der Waals surface area contributed by atoms with Crippen molar-refractivity contribution in [1.29, 1.82) is 0 Å². The van der Waals surface area contributed by atoms with Crippen molar-refractivity contribution in [1.82, 2.24) is 5.16 Å². The molecule has 0 bridgehead atoms. The quantitative estimate of drug-likeness (QED) is 0.790. The van der Waals surface area contributed by atoms with Gasteiger partial charge in [-0.1, -0.05) is 27.2 Å².